The molecular formula is C26H28N2O3. The molecule has 3 aromatic rings. The number of nitrogens with one attached hydrogen (secondary N) is 1. The third-order valence-electron chi connectivity index (χ3n) is 4.94. The summed E-state index contributed by atoms with van der Waals surface area (Å²) in [6.45, 7) is 6.36. The Bertz CT molecular complexity index is 1030. The Balaban J connectivity index is 1.73. The number of carbonyl (C=O) groups excluding carboxylic acids is 2. The van der Waals surface area contributed by atoms with Crippen molar-refractivity contribution < 1.29 is 14.3 Å². The van der Waals surface area contributed by atoms with Gasteiger partial charge in [-0.25, -0.2) is 0 Å². The summed E-state index contributed by atoms with van der Waals surface area (Å²) in [5, 5.41) is 2.89. The van der Waals surface area contributed by atoms with E-state index in [1.54, 1.807) is 29.2 Å². The predicted molar refractivity (Wildman–Crippen MR) is 125 cm³/mol. The number of rotatable bonds is 8. The molecule has 0 radical (unpaired) electrons. The standard InChI is InChI=1S/C26H28N2O3/c1-4-24(31-23-16-9-11-19(3)17-23)25(29)27-21-13-10-12-20(18-21)26(30)28(5-2)22-14-7-6-8-15-22/h6-18,24H,4-5H2,1-3H3,(H,27,29). The molecule has 1 atom stereocenters. The molecule has 2 amide bonds. The van der Waals surface area contributed by atoms with Crippen LogP contribution in [0, 0.1) is 6.92 Å². The van der Waals surface area contributed by atoms with Crippen molar-refractivity contribution in [1.29, 1.82) is 0 Å². The number of carbonyl (C=O) groups is 2. The molecule has 3 rings (SSSR count). The molecule has 0 aliphatic carbocycles. The molecule has 5 heteroatoms. The zero-order valence-electron chi connectivity index (χ0n) is 18.2. The van der Waals surface area contributed by atoms with Gasteiger partial charge in [0.1, 0.15) is 5.75 Å². The minimum atomic E-state index is -0.627. The molecule has 0 spiro atoms. The number of hydrogen-bond donors (Lipinski definition) is 1. The van der Waals surface area contributed by atoms with E-state index in [1.807, 2.05) is 75.4 Å². The lowest BCUT2D eigenvalue weighted by molar-refractivity contribution is -0.122. The Kier molecular flexibility index (Phi) is 7.44. The van der Waals surface area contributed by atoms with Gasteiger partial charge in [0, 0.05) is 23.5 Å². The van der Waals surface area contributed by atoms with Crippen molar-refractivity contribution in [2.24, 2.45) is 0 Å². The highest BCUT2D eigenvalue weighted by atomic mass is 16.5. The largest absolute Gasteiger partial charge is 0.481 e. The minimum Gasteiger partial charge on any atom is -0.481 e. The van der Waals surface area contributed by atoms with Crippen molar-refractivity contribution in [2.75, 3.05) is 16.8 Å². The number of ether oxygens (including phenoxy) is 1. The zero-order valence-corrected chi connectivity index (χ0v) is 18.2. The van der Waals surface area contributed by atoms with Crippen molar-refractivity contribution in [2.45, 2.75) is 33.3 Å². The molecule has 0 bridgehead atoms. The minimum absolute atomic E-state index is 0.118. The fourth-order valence-electron chi connectivity index (χ4n) is 3.34. The SMILES string of the molecule is CCC(Oc1cccc(C)c1)C(=O)Nc1cccc(C(=O)N(CC)c2ccccc2)c1. The average Bonchev–Trinajstić information content (AvgIpc) is 2.79. The molecule has 0 aliphatic heterocycles. The fraction of sp³-hybridized carbons (Fsp3) is 0.231. The van der Waals surface area contributed by atoms with E-state index < -0.39 is 6.10 Å². The Morgan fingerprint density at radius 3 is 2.35 bits per heavy atom. The summed E-state index contributed by atoms with van der Waals surface area (Å²) in [5.74, 6) is 0.296. The van der Waals surface area contributed by atoms with Crippen LogP contribution in [0.2, 0.25) is 0 Å². The van der Waals surface area contributed by atoms with Crippen LogP contribution in [0.4, 0.5) is 11.4 Å². The molecule has 31 heavy (non-hydrogen) atoms. The second kappa shape index (κ2) is 10.4. The molecule has 0 aromatic heterocycles. The van der Waals surface area contributed by atoms with E-state index in [-0.39, 0.29) is 11.8 Å². The summed E-state index contributed by atoms with van der Waals surface area (Å²) < 4.78 is 5.88. The Morgan fingerprint density at radius 1 is 0.935 bits per heavy atom. The zero-order chi connectivity index (χ0) is 22.2. The second-order valence-corrected chi connectivity index (χ2v) is 7.29. The van der Waals surface area contributed by atoms with Gasteiger partial charge < -0.3 is 15.0 Å². The van der Waals surface area contributed by atoms with E-state index in [1.165, 1.54) is 0 Å². The molecular weight excluding hydrogens is 388 g/mol. The third kappa shape index (κ3) is 5.72. The summed E-state index contributed by atoms with van der Waals surface area (Å²) in [6.07, 6.45) is -0.103. The summed E-state index contributed by atoms with van der Waals surface area (Å²) in [6, 6.07) is 24.1. The normalized spacial score (nSPS) is 11.5. The first-order chi connectivity index (χ1) is 15.0. The highest BCUT2D eigenvalue weighted by Gasteiger charge is 2.20. The molecule has 0 fully saturated rings. The molecule has 1 unspecified atom stereocenters. The van der Waals surface area contributed by atoms with Gasteiger partial charge in [0.2, 0.25) is 0 Å². The molecule has 0 aliphatic rings. The van der Waals surface area contributed by atoms with Gasteiger partial charge in [-0.05, 0) is 68.3 Å². The first kappa shape index (κ1) is 22.1. The first-order valence-electron chi connectivity index (χ1n) is 10.5. The monoisotopic (exact) mass is 416 g/mol. The Morgan fingerprint density at radius 2 is 1.68 bits per heavy atom. The van der Waals surface area contributed by atoms with Gasteiger partial charge in [0.15, 0.2) is 6.10 Å². The van der Waals surface area contributed by atoms with Gasteiger partial charge in [-0.1, -0.05) is 43.3 Å². The lowest BCUT2D eigenvalue weighted by Gasteiger charge is -2.21. The fourth-order valence-corrected chi connectivity index (χ4v) is 3.34. The number of hydrogen-bond acceptors (Lipinski definition) is 3. The average molecular weight is 417 g/mol. The molecule has 160 valence electrons. The maximum atomic E-state index is 13.1. The van der Waals surface area contributed by atoms with E-state index >= 15 is 0 Å². The highest BCUT2D eigenvalue weighted by molar-refractivity contribution is 6.07. The molecule has 5 nitrogen and oxygen atoms in total. The van der Waals surface area contributed by atoms with Gasteiger partial charge in [0.25, 0.3) is 11.8 Å². The number of amides is 2. The number of benzene rings is 3. The summed E-state index contributed by atoms with van der Waals surface area (Å²) in [7, 11) is 0. The van der Waals surface area contributed by atoms with Crippen molar-refractivity contribution in [3.05, 3.63) is 90.0 Å². The summed E-state index contributed by atoms with van der Waals surface area (Å²) in [5.41, 5.74) is 2.97. The molecule has 0 heterocycles. The van der Waals surface area contributed by atoms with Gasteiger partial charge in [-0.2, -0.15) is 0 Å². The van der Waals surface area contributed by atoms with Crippen molar-refractivity contribution in [3.63, 3.8) is 0 Å². The smallest absolute Gasteiger partial charge is 0.265 e. The van der Waals surface area contributed by atoms with Crippen LogP contribution in [0.25, 0.3) is 0 Å². The molecule has 3 aromatic carbocycles. The van der Waals surface area contributed by atoms with Crippen LogP contribution < -0.4 is 15.0 Å². The van der Waals surface area contributed by atoms with Gasteiger partial charge in [0.05, 0.1) is 0 Å². The topological polar surface area (TPSA) is 58.6 Å². The highest BCUT2D eigenvalue weighted by Crippen LogP contribution is 2.20. The van der Waals surface area contributed by atoms with E-state index in [0.29, 0.717) is 30.0 Å². The van der Waals surface area contributed by atoms with Gasteiger partial charge >= 0.3 is 0 Å². The van der Waals surface area contributed by atoms with Crippen LogP contribution in [0.5, 0.6) is 5.75 Å². The van der Waals surface area contributed by atoms with Crippen LogP contribution in [-0.2, 0) is 4.79 Å². The van der Waals surface area contributed by atoms with Gasteiger partial charge in [-0.3, -0.25) is 9.59 Å². The lowest BCUT2D eigenvalue weighted by atomic mass is 10.1. The second-order valence-electron chi connectivity index (χ2n) is 7.29. The summed E-state index contributed by atoms with van der Waals surface area (Å²) in [4.78, 5) is 27.6. The molecule has 0 saturated heterocycles. The summed E-state index contributed by atoms with van der Waals surface area (Å²) >= 11 is 0. The Labute approximate surface area is 183 Å². The quantitative estimate of drug-likeness (QED) is 0.531. The van der Waals surface area contributed by atoms with Gasteiger partial charge in [-0.15, -0.1) is 0 Å². The van der Waals surface area contributed by atoms with Crippen LogP contribution in [0.1, 0.15) is 36.2 Å². The lowest BCUT2D eigenvalue weighted by Crippen LogP contribution is -2.33. The van der Waals surface area contributed by atoms with Crippen molar-refractivity contribution in [3.8, 4) is 5.75 Å². The van der Waals surface area contributed by atoms with Crippen LogP contribution >= 0.6 is 0 Å². The first-order valence-corrected chi connectivity index (χ1v) is 10.5. The van der Waals surface area contributed by atoms with Crippen LogP contribution in [0.15, 0.2) is 78.9 Å². The molecule has 0 saturated carbocycles. The van der Waals surface area contributed by atoms with Crippen molar-refractivity contribution in [1.82, 2.24) is 0 Å². The number of nitrogens with zero attached hydrogens (tertiary/aromatic N) is 1. The van der Waals surface area contributed by atoms with E-state index in [0.717, 1.165) is 11.3 Å². The van der Waals surface area contributed by atoms with Crippen LogP contribution in [0.3, 0.4) is 0 Å². The number of aryl methyl sites for hydroxylation is 1. The molecule has 1 N–H and O–H groups in total. The maximum Gasteiger partial charge on any atom is 0.265 e. The number of para-hydroxylation sites is 1. The van der Waals surface area contributed by atoms with E-state index in [9.17, 15) is 9.59 Å². The number of anilines is 2. The Hall–Kier alpha value is -3.60. The third-order valence-corrected chi connectivity index (χ3v) is 4.94. The maximum absolute atomic E-state index is 13.1. The van der Waals surface area contributed by atoms with E-state index in [4.69, 9.17) is 4.74 Å². The van der Waals surface area contributed by atoms with Crippen LogP contribution in [-0.4, -0.2) is 24.5 Å². The predicted octanol–water partition coefficient (Wildman–Crippen LogP) is 5.46. The van der Waals surface area contributed by atoms with E-state index in [2.05, 4.69) is 5.32 Å². The van der Waals surface area contributed by atoms with Crippen molar-refractivity contribution >= 4 is 23.2 Å².